The van der Waals surface area contributed by atoms with Gasteiger partial charge in [-0.3, -0.25) is 4.79 Å². The molecule has 4 saturated carbocycles. The second kappa shape index (κ2) is 11.3. The van der Waals surface area contributed by atoms with E-state index in [9.17, 15) is 9.59 Å². The van der Waals surface area contributed by atoms with Gasteiger partial charge in [0.2, 0.25) is 0 Å². The molecule has 5 rings (SSSR count). The number of rotatable bonds is 5. The minimum atomic E-state index is -0.446. The number of Topliss-reactive ketones (excluding diaryl/α,β-unsaturated/α-hetero) is 1. The predicted octanol–water partition coefficient (Wildman–Crippen LogP) is 8.57. The lowest BCUT2D eigenvalue weighted by Crippen LogP contribution is -2.61. The van der Waals surface area contributed by atoms with Crippen LogP contribution in [-0.4, -0.2) is 31.6 Å². The van der Waals surface area contributed by atoms with Crippen LogP contribution in [0.4, 0.5) is 0 Å². The van der Waals surface area contributed by atoms with E-state index in [0.717, 1.165) is 45.2 Å². The van der Waals surface area contributed by atoms with Gasteiger partial charge in [-0.25, -0.2) is 0 Å². The molecule has 4 aliphatic carbocycles. The van der Waals surface area contributed by atoms with Crippen molar-refractivity contribution in [1.82, 2.24) is 0 Å². The molecule has 1 heterocycles. The first-order chi connectivity index (χ1) is 18.9. The number of ether oxygens (including phenoxy) is 2. The SMILES string of the molecule is C=C(C)[C@@H]1CC[C@]2(COC3CCCCO3)CC[C@@H](C)[C@]3(C)CC[C@H]4C(C)(C)C(=O)C(C=O)C[C@]4(C)[C@H]3CCC[C@@H]12. The van der Waals surface area contributed by atoms with Crippen LogP contribution in [0.5, 0.6) is 0 Å². The third-order valence-corrected chi connectivity index (χ3v) is 13.8. The van der Waals surface area contributed by atoms with Crippen molar-refractivity contribution in [2.24, 2.45) is 57.2 Å². The number of ketones is 1. The summed E-state index contributed by atoms with van der Waals surface area (Å²) in [6.45, 7) is 20.2. The fourth-order valence-corrected chi connectivity index (χ4v) is 11.4. The van der Waals surface area contributed by atoms with Gasteiger partial charge in [0, 0.05) is 12.0 Å². The Balaban J connectivity index is 1.44. The maximum Gasteiger partial charge on any atom is 0.157 e. The van der Waals surface area contributed by atoms with E-state index in [1.54, 1.807) is 0 Å². The Morgan fingerprint density at radius 2 is 1.70 bits per heavy atom. The molecule has 0 aromatic rings. The molecular weight excluding hydrogens is 496 g/mol. The van der Waals surface area contributed by atoms with Crippen molar-refractivity contribution < 1.29 is 19.1 Å². The molecule has 0 aromatic carbocycles. The van der Waals surface area contributed by atoms with Gasteiger partial charge < -0.3 is 14.3 Å². The minimum Gasteiger partial charge on any atom is -0.353 e. The van der Waals surface area contributed by atoms with Crippen molar-refractivity contribution in [3.8, 4) is 0 Å². The molecule has 1 saturated heterocycles. The molecule has 40 heavy (non-hydrogen) atoms. The summed E-state index contributed by atoms with van der Waals surface area (Å²) in [5.74, 6) is 2.42. The van der Waals surface area contributed by atoms with Gasteiger partial charge >= 0.3 is 0 Å². The summed E-state index contributed by atoms with van der Waals surface area (Å²) in [7, 11) is 0. The van der Waals surface area contributed by atoms with Crippen LogP contribution in [0.25, 0.3) is 0 Å². The highest BCUT2D eigenvalue weighted by Crippen LogP contribution is 2.68. The molecule has 10 atom stereocenters. The van der Waals surface area contributed by atoms with Crippen LogP contribution in [0, 0.1) is 57.2 Å². The van der Waals surface area contributed by atoms with Crippen molar-refractivity contribution in [3.05, 3.63) is 12.2 Å². The highest BCUT2D eigenvalue weighted by molar-refractivity contribution is 5.97. The maximum atomic E-state index is 13.4. The zero-order valence-corrected chi connectivity index (χ0v) is 26.6. The fraction of sp³-hybridized carbons (Fsp3) is 0.889. The first-order valence-corrected chi connectivity index (χ1v) is 16.8. The Morgan fingerprint density at radius 3 is 2.38 bits per heavy atom. The van der Waals surface area contributed by atoms with Gasteiger partial charge in [0.05, 0.1) is 12.5 Å². The average Bonchev–Trinajstić information content (AvgIpc) is 3.29. The highest BCUT2D eigenvalue weighted by Gasteiger charge is 2.63. The topological polar surface area (TPSA) is 52.6 Å². The Bertz CT molecular complexity index is 964. The molecule has 0 aromatic heterocycles. The normalized spacial score (nSPS) is 47.5. The Hall–Kier alpha value is -1.00. The highest BCUT2D eigenvalue weighted by atomic mass is 16.7. The van der Waals surface area contributed by atoms with Crippen LogP contribution in [0.3, 0.4) is 0 Å². The second-order valence-electron chi connectivity index (χ2n) is 16.1. The molecule has 226 valence electrons. The van der Waals surface area contributed by atoms with E-state index in [2.05, 4.69) is 48.1 Å². The van der Waals surface area contributed by atoms with Crippen molar-refractivity contribution in [2.75, 3.05) is 13.2 Å². The van der Waals surface area contributed by atoms with E-state index >= 15 is 0 Å². The summed E-state index contributed by atoms with van der Waals surface area (Å²) in [4.78, 5) is 25.6. The number of hydrogen-bond acceptors (Lipinski definition) is 4. The molecule has 0 bridgehead atoms. The van der Waals surface area contributed by atoms with Crippen molar-refractivity contribution in [3.63, 3.8) is 0 Å². The summed E-state index contributed by atoms with van der Waals surface area (Å²) >= 11 is 0. The standard InChI is InChI=1S/C36H58O4/c1-24(2)27-15-19-36(23-40-31-13-8-9-20-39-31)18-14-25(3)34(6)17-16-29-33(4,5)32(38)26(22-37)21-35(29,7)30(34)12-10-11-28(27)36/h22,25-31H,1,8-21,23H2,2-7H3/t25-,26?,27+,28+,29+,30+,31?,34+,35+,36+/m1/s1. The summed E-state index contributed by atoms with van der Waals surface area (Å²) in [6, 6.07) is 0. The van der Waals surface area contributed by atoms with E-state index in [1.807, 2.05) is 0 Å². The van der Waals surface area contributed by atoms with Gasteiger partial charge in [-0.15, -0.1) is 0 Å². The first-order valence-electron chi connectivity index (χ1n) is 16.8. The molecule has 4 nitrogen and oxygen atoms in total. The van der Waals surface area contributed by atoms with Crippen molar-refractivity contribution in [1.29, 1.82) is 0 Å². The summed E-state index contributed by atoms with van der Waals surface area (Å²) in [6.07, 6.45) is 15.9. The van der Waals surface area contributed by atoms with Crippen LogP contribution < -0.4 is 0 Å². The predicted molar refractivity (Wildman–Crippen MR) is 161 cm³/mol. The summed E-state index contributed by atoms with van der Waals surface area (Å²) in [5, 5.41) is 0. The second-order valence-corrected chi connectivity index (χ2v) is 16.1. The average molecular weight is 555 g/mol. The number of fused-ring (bicyclic) bond motifs is 4. The number of hydrogen-bond donors (Lipinski definition) is 0. The monoisotopic (exact) mass is 554 g/mol. The largest absolute Gasteiger partial charge is 0.353 e. The zero-order valence-electron chi connectivity index (χ0n) is 26.6. The molecule has 0 radical (unpaired) electrons. The van der Waals surface area contributed by atoms with Gasteiger partial charge in [0.1, 0.15) is 12.1 Å². The third kappa shape index (κ3) is 4.99. The zero-order chi connectivity index (χ0) is 28.9. The lowest BCUT2D eigenvalue weighted by molar-refractivity contribution is -0.188. The van der Waals surface area contributed by atoms with Gasteiger partial charge in [-0.05, 0) is 130 Å². The molecule has 1 aliphatic heterocycles. The number of aldehydes is 1. The smallest absolute Gasteiger partial charge is 0.157 e. The molecule has 2 unspecified atom stereocenters. The maximum absolute atomic E-state index is 13.4. The van der Waals surface area contributed by atoms with Crippen LogP contribution in [-0.2, 0) is 19.1 Å². The van der Waals surface area contributed by atoms with E-state index in [4.69, 9.17) is 9.47 Å². The lowest BCUT2D eigenvalue weighted by Gasteiger charge is -2.64. The van der Waals surface area contributed by atoms with Gasteiger partial charge in [0.15, 0.2) is 6.29 Å². The van der Waals surface area contributed by atoms with Crippen molar-refractivity contribution >= 4 is 12.1 Å². The molecule has 5 fully saturated rings. The van der Waals surface area contributed by atoms with Gasteiger partial charge in [-0.2, -0.15) is 0 Å². The molecule has 5 aliphatic rings. The van der Waals surface area contributed by atoms with Crippen molar-refractivity contribution in [2.45, 2.75) is 131 Å². The number of carbonyl (C=O) groups excluding carboxylic acids is 2. The van der Waals surface area contributed by atoms with Crippen LogP contribution in [0.1, 0.15) is 125 Å². The molecular formula is C36H58O4. The lowest BCUT2D eigenvalue weighted by atomic mass is 9.39. The molecule has 0 amide bonds. The molecule has 0 spiro atoms. The van der Waals surface area contributed by atoms with Gasteiger partial charge in [0.25, 0.3) is 0 Å². The summed E-state index contributed by atoms with van der Waals surface area (Å²) in [5.41, 5.74) is 1.38. The van der Waals surface area contributed by atoms with E-state index < -0.39 is 11.3 Å². The molecule has 4 heteroatoms. The fourth-order valence-electron chi connectivity index (χ4n) is 11.4. The number of allylic oxidation sites excluding steroid dienone is 1. The van der Waals surface area contributed by atoms with E-state index in [0.29, 0.717) is 29.6 Å². The van der Waals surface area contributed by atoms with E-state index in [1.165, 1.54) is 63.4 Å². The molecule has 0 N–H and O–H groups in total. The Kier molecular flexibility index (Phi) is 8.57. The number of carbonyl (C=O) groups is 2. The quantitative estimate of drug-likeness (QED) is 0.194. The third-order valence-electron chi connectivity index (χ3n) is 13.8. The van der Waals surface area contributed by atoms with E-state index in [-0.39, 0.29) is 28.3 Å². The van der Waals surface area contributed by atoms with Crippen LogP contribution >= 0.6 is 0 Å². The van der Waals surface area contributed by atoms with Crippen LogP contribution in [0.15, 0.2) is 12.2 Å². The first kappa shape index (κ1) is 30.5. The Labute approximate surface area is 244 Å². The summed E-state index contributed by atoms with van der Waals surface area (Å²) < 4.78 is 12.6. The minimum absolute atomic E-state index is 0.0192. The Morgan fingerprint density at radius 1 is 0.950 bits per heavy atom. The van der Waals surface area contributed by atoms with Crippen LogP contribution in [0.2, 0.25) is 0 Å². The van der Waals surface area contributed by atoms with Gasteiger partial charge in [-0.1, -0.05) is 53.2 Å².